The highest BCUT2D eigenvalue weighted by Gasteiger charge is 2.30. The minimum Gasteiger partial charge on any atom is -0.338 e. The van der Waals surface area contributed by atoms with Crippen LogP contribution in [0.1, 0.15) is 20.3 Å². The largest absolute Gasteiger partial charge is 0.338 e. The van der Waals surface area contributed by atoms with Crippen molar-refractivity contribution in [1.29, 1.82) is 0 Å². The van der Waals surface area contributed by atoms with E-state index in [9.17, 15) is 4.79 Å². The van der Waals surface area contributed by atoms with Crippen molar-refractivity contribution in [1.82, 2.24) is 10.2 Å². The Bertz CT molecular complexity index is 184. The molecule has 2 amide bonds. The second-order valence-electron chi connectivity index (χ2n) is 3.67. The third-order valence-electron chi connectivity index (χ3n) is 2.58. The molecular formula is C9H19N3O. The van der Waals surface area contributed by atoms with Gasteiger partial charge in [0.05, 0.1) is 0 Å². The normalized spacial score (nSPS) is 27.8. The van der Waals surface area contributed by atoms with E-state index in [4.69, 9.17) is 5.73 Å². The number of hydrogen-bond acceptors (Lipinski definition) is 2. The van der Waals surface area contributed by atoms with E-state index in [1.807, 2.05) is 11.8 Å². The van der Waals surface area contributed by atoms with Crippen LogP contribution in [0, 0.1) is 5.92 Å². The standard InChI is InChI=1S/C9H19N3O/c1-3-11-9(13)12-6-8(5-10)4-7(12)2/h7-8H,3-6,10H2,1-2H3,(H,11,13). The van der Waals surface area contributed by atoms with Crippen LogP contribution in [0.3, 0.4) is 0 Å². The van der Waals surface area contributed by atoms with Gasteiger partial charge in [-0.1, -0.05) is 0 Å². The number of amides is 2. The van der Waals surface area contributed by atoms with Crippen LogP contribution in [-0.4, -0.2) is 36.6 Å². The van der Waals surface area contributed by atoms with Gasteiger partial charge in [0.2, 0.25) is 0 Å². The molecule has 1 heterocycles. The number of nitrogens with one attached hydrogen (secondary N) is 1. The lowest BCUT2D eigenvalue weighted by molar-refractivity contribution is 0.195. The average Bonchev–Trinajstić information content (AvgIpc) is 2.47. The number of likely N-dealkylation sites (tertiary alicyclic amines) is 1. The summed E-state index contributed by atoms with van der Waals surface area (Å²) in [4.78, 5) is 13.4. The summed E-state index contributed by atoms with van der Waals surface area (Å²) < 4.78 is 0. The maximum atomic E-state index is 11.5. The van der Waals surface area contributed by atoms with Gasteiger partial charge in [-0.25, -0.2) is 4.79 Å². The molecule has 0 aliphatic carbocycles. The Morgan fingerprint density at radius 3 is 2.85 bits per heavy atom. The van der Waals surface area contributed by atoms with Crippen LogP contribution >= 0.6 is 0 Å². The van der Waals surface area contributed by atoms with Crippen molar-refractivity contribution < 1.29 is 4.79 Å². The molecule has 1 rings (SSSR count). The van der Waals surface area contributed by atoms with E-state index in [1.165, 1.54) is 0 Å². The van der Waals surface area contributed by atoms with E-state index in [0.717, 1.165) is 13.0 Å². The summed E-state index contributed by atoms with van der Waals surface area (Å²) >= 11 is 0. The Morgan fingerprint density at radius 2 is 2.38 bits per heavy atom. The molecule has 1 aliphatic rings. The zero-order chi connectivity index (χ0) is 9.84. The topological polar surface area (TPSA) is 58.4 Å². The molecule has 3 N–H and O–H groups in total. The molecule has 4 heteroatoms. The van der Waals surface area contributed by atoms with Gasteiger partial charge in [-0.05, 0) is 32.7 Å². The summed E-state index contributed by atoms with van der Waals surface area (Å²) in [7, 11) is 0. The molecule has 1 saturated heterocycles. The maximum absolute atomic E-state index is 11.5. The van der Waals surface area contributed by atoms with E-state index < -0.39 is 0 Å². The van der Waals surface area contributed by atoms with Crippen molar-refractivity contribution in [2.24, 2.45) is 11.7 Å². The van der Waals surface area contributed by atoms with Crippen LogP contribution in [0.25, 0.3) is 0 Å². The van der Waals surface area contributed by atoms with Gasteiger partial charge in [0.15, 0.2) is 0 Å². The Kier molecular flexibility index (Phi) is 3.54. The number of hydrogen-bond donors (Lipinski definition) is 2. The fourth-order valence-corrected chi connectivity index (χ4v) is 1.85. The van der Waals surface area contributed by atoms with E-state index in [-0.39, 0.29) is 6.03 Å². The first-order valence-corrected chi connectivity index (χ1v) is 4.93. The zero-order valence-corrected chi connectivity index (χ0v) is 8.42. The summed E-state index contributed by atoms with van der Waals surface area (Å²) in [5, 5.41) is 2.81. The fourth-order valence-electron chi connectivity index (χ4n) is 1.85. The van der Waals surface area contributed by atoms with E-state index in [0.29, 0.717) is 25.0 Å². The highest BCUT2D eigenvalue weighted by molar-refractivity contribution is 5.74. The van der Waals surface area contributed by atoms with E-state index in [2.05, 4.69) is 12.2 Å². The van der Waals surface area contributed by atoms with Crippen molar-refractivity contribution in [3.63, 3.8) is 0 Å². The molecule has 1 aliphatic heterocycles. The maximum Gasteiger partial charge on any atom is 0.317 e. The number of nitrogens with two attached hydrogens (primary N) is 1. The molecule has 13 heavy (non-hydrogen) atoms. The summed E-state index contributed by atoms with van der Waals surface area (Å²) in [6.45, 7) is 6.18. The fraction of sp³-hybridized carbons (Fsp3) is 0.889. The third kappa shape index (κ3) is 2.34. The second-order valence-corrected chi connectivity index (χ2v) is 3.67. The van der Waals surface area contributed by atoms with Gasteiger partial charge in [-0.2, -0.15) is 0 Å². The van der Waals surface area contributed by atoms with Crippen molar-refractivity contribution in [3.8, 4) is 0 Å². The molecule has 76 valence electrons. The molecule has 0 aromatic heterocycles. The molecule has 2 unspecified atom stereocenters. The first-order chi connectivity index (χ1) is 6.19. The monoisotopic (exact) mass is 185 g/mol. The van der Waals surface area contributed by atoms with Gasteiger partial charge >= 0.3 is 6.03 Å². The van der Waals surface area contributed by atoms with Gasteiger partial charge in [-0.15, -0.1) is 0 Å². The zero-order valence-electron chi connectivity index (χ0n) is 8.42. The molecule has 0 spiro atoms. The number of nitrogens with zero attached hydrogens (tertiary/aromatic N) is 1. The minimum atomic E-state index is 0.0472. The molecule has 0 bridgehead atoms. The van der Waals surface area contributed by atoms with E-state index in [1.54, 1.807) is 0 Å². The Morgan fingerprint density at radius 1 is 1.69 bits per heavy atom. The molecule has 0 aromatic rings. The smallest absolute Gasteiger partial charge is 0.317 e. The molecule has 0 aromatic carbocycles. The number of carbonyl (C=O) groups excluding carboxylic acids is 1. The summed E-state index contributed by atoms with van der Waals surface area (Å²) in [5.74, 6) is 0.484. The first-order valence-electron chi connectivity index (χ1n) is 4.93. The SMILES string of the molecule is CCNC(=O)N1CC(CN)CC1C. The minimum absolute atomic E-state index is 0.0472. The van der Waals surface area contributed by atoms with Crippen molar-refractivity contribution in [2.75, 3.05) is 19.6 Å². The lowest BCUT2D eigenvalue weighted by Crippen LogP contribution is -2.42. The van der Waals surface area contributed by atoms with Crippen molar-refractivity contribution in [2.45, 2.75) is 26.3 Å². The van der Waals surface area contributed by atoms with Crippen molar-refractivity contribution in [3.05, 3.63) is 0 Å². The lowest BCUT2D eigenvalue weighted by Gasteiger charge is -2.21. The predicted molar refractivity (Wildman–Crippen MR) is 52.4 cm³/mol. The molecule has 4 nitrogen and oxygen atoms in total. The molecular weight excluding hydrogens is 166 g/mol. The second kappa shape index (κ2) is 4.46. The van der Waals surface area contributed by atoms with Crippen LogP contribution in [0.2, 0.25) is 0 Å². The Hall–Kier alpha value is -0.770. The Balaban J connectivity index is 2.46. The van der Waals surface area contributed by atoms with Crippen LogP contribution in [0.5, 0.6) is 0 Å². The lowest BCUT2D eigenvalue weighted by atomic mass is 10.1. The molecule has 1 fully saturated rings. The molecule has 2 atom stereocenters. The molecule has 0 saturated carbocycles. The van der Waals surface area contributed by atoms with Crippen LogP contribution in [0.4, 0.5) is 4.79 Å². The van der Waals surface area contributed by atoms with Gasteiger partial charge in [0.25, 0.3) is 0 Å². The van der Waals surface area contributed by atoms with Gasteiger partial charge in [0, 0.05) is 19.1 Å². The van der Waals surface area contributed by atoms with Crippen LogP contribution < -0.4 is 11.1 Å². The summed E-state index contributed by atoms with van der Waals surface area (Å²) in [5.41, 5.74) is 5.57. The third-order valence-corrected chi connectivity index (χ3v) is 2.58. The number of rotatable bonds is 2. The van der Waals surface area contributed by atoms with Crippen molar-refractivity contribution >= 4 is 6.03 Å². The van der Waals surface area contributed by atoms with Crippen LogP contribution in [-0.2, 0) is 0 Å². The first kappa shape index (κ1) is 10.3. The summed E-state index contributed by atoms with van der Waals surface area (Å²) in [6, 6.07) is 0.381. The van der Waals surface area contributed by atoms with Crippen LogP contribution in [0.15, 0.2) is 0 Å². The number of carbonyl (C=O) groups is 1. The quantitative estimate of drug-likeness (QED) is 0.653. The highest BCUT2D eigenvalue weighted by atomic mass is 16.2. The van der Waals surface area contributed by atoms with Gasteiger partial charge < -0.3 is 16.0 Å². The van der Waals surface area contributed by atoms with Gasteiger partial charge in [0.1, 0.15) is 0 Å². The highest BCUT2D eigenvalue weighted by Crippen LogP contribution is 2.21. The molecule has 0 radical (unpaired) electrons. The van der Waals surface area contributed by atoms with E-state index >= 15 is 0 Å². The number of urea groups is 1. The predicted octanol–water partition coefficient (Wildman–Crippen LogP) is 0.385. The average molecular weight is 185 g/mol. The summed E-state index contributed by atoms with van der Waals surface area (Å²) in [6.07, 6.45) is 1.04. The van der Waals surface area contributed by atoms with Gasteiger partial charge in [-0.3, -0.25) is 0 Å². The Labute approximate surface area is 79.5 Å².